The second-order valence-electron chi connectivity index (χ2n) is 25.6. The Morgan fingerprint density at radius 1 is 0.346 bits per heavy atom. The van der Waals surface area contributed by atoms with E-state index in [4.69, 9.17) is 4.74 Å². The summed E-state index contributed by atoms with van der Waals surface area (Å²) in [5, 5.41) is 23.3. The first-order valence-electron chi connectivity index (χ1n) is 37.1. The van der Waals surface area contributed by atoms with E-state index in [9.17, 15) is 19.8 Å². The Balaban J connectivity index is 3.34. The quantitative estimate of drug-likeness (QED) is 0.0320. The predicted molar refractivity (Wildman–Crippen MR) is 356 cm³/mol. The largest absolute Gasteiger partial charge is 0.466 e. The summed E-state index contributed by atoms with van der Waals surface area (Å²) in [4.78, 5) is 24.5. The molecule has 0 spiro atoms. The summed E-state index contributed by atoms with van der Waals surface area (Å²) in [6.45, 7) is 4.98. The molecule has 2 atom stereocenters. The number of ether oxygens (including phenoxy) is 1. The molecule has 3 N–H and O–H groups in total. The first kappa shape index (κ1) is 79.3. The Morgan fingerprint density at radius 2 is 0.617 bits per heavy atom. The summed E-state index contributed by atoms with van der Waals surface area (Å²) in [7, 11) is 0. The van der Waals surface area contributed by atoms with E-state index in [2.05, 4.69) is 43.5 Å². The lowest BCUT2D eigenvalue weighted by Crippen LogP contribution is -2.45. The number of esters is 1. The number of allylic oxidation sites excluding steroid dienone is 4. The van der Waals surface area contributed by atoms with Gasteiger partial charge < -0.3 is 20.3 Å². The van der Waals surface area contributed by atoms with Crippen LogP contribution in [0.3, 0.4) is 0 Å². The van der Waals surface area contributed by atoms with Crippen LogP contribution in [0.15, 0.2) is 24.3 Å². The normalized spacial score (nSPS) is 12.6. The van der Waals surface area contributed by atoms with Gasteiger partial charge in [-0.15, -0.1) is 0 Å². The molecule has 6 heteroatoms. The van der Waals surface area contributed by atoms with Crippen LogP contribution < -0.4 is 5.32 Å². The van der Waals surface area contributed by atoms with Crippen molar-refractivity contribution in [1.29, 1.82) is 0 Å². The van der Waals surface area contributed by atoms with E-state index in [1.807, 2.05) is 0 Å². The van der Waals surface area contributed by atoms with Crippen LogP contribution in [0.4, 0.5) is 0 Å². The van der Waals surface area contributed by atoms with E-state index >= 15 is 0 Å². The second-order valence-corrected chi connectivity index (χ2v) is 25.6. The van der Waals surface area contributed by atoms with E-state index in [1.165, 1.54) is 340 Å². The molecule has 0 rings (SSSR count). The van der Waals surface area contributed by atoms with Gasteiger partial charge in [0, 0.05) is 12.8 Å². The lowest BCUT2D eigenvalue weighted by Gasteiger charge is -2.22. The molecule has 0 aliphatic carbocycles. The maximum absolute atomic E-state index is 12.5. The fourth-order valence-electron chi connectivity index (χ4n) is 11.9. The van der Waals surface area contributed by atoms with Gasteiger partial charge in [-0.3, -0.25) is 9.59 Å². The Labute approximate surface area is 507 Å². The number of nitrogens with one attached hydrogen (secondary N) is 1. The molecule has 0 bridgehead atoms. The van der Waals surface area contributed by atoms with Crippen molar-refractivity contribution in [3.8, 4) is 0 Å². The minimum Gasteiger partial charge on any atom is -0.466 e. The van der Waals surface area contributed by atoms with Gasteiger partial charge in [-0.1, -0.05) is 372 Å². The summed E-state index contributed by atoms with van der Waals surface area (Å²) in [6.07, 6.45) is 89.7. The smallest absolute Gasteiger partial charge is 0.305 e. The molecule has 0 aromatic rings. The second kappa shape index (κ2) is 70.8. The van der Waals surface area contributed by atoms with Crippen molar-refractivity contribution in [3.63, 3.8) is 0 Å². The van der Waals surface area contributed by atoms with Gasteiger partial charge in [0.1, 0.15) is 0 Å². The van der Waals surface area contributed by atoms with E-state index in [0.717, 1.165) is 44.9 Å². The Kier molecular flexibility index (Phi) is 69.4. The highest BCUT2D eigenvalue weighted by atomic mass is 16.5. The van der Waals surface area contributed by atoms with Crippen LogP contribution in [-0.2, 0) is 14.3 Å². The predicted octanol–water partition coefficient (Wildman–Crippen LogP) is 24.1. The molecule has 480 valence electrons. The monoisotopic (exact) mass is 1140 g/mol. The van der Waals surface area contributed by atoms with Crippen LogP contribution >= 0.6 is 0 Å². The van der Waals surface area contributed by atoms with Crippen molar-refractivity contribution < 1.29 is 24.5 Å². The summed E-state index contributed by atoms with van der Waals surface area (Å²) in [6, 6.07) is -0.538. The summed E-state index contributed by atoms with van der Waals surface area (Å²) in [5.41, 5.74) is 0. The average molecular weight is 1140 g/mol. The molecule has 0 aliphatic heterocycles. The SMILES string of the molecule is CCCCCCCCCCCCCCCCC(O)C(CO)NC(=O)CCCCCCCCCCCCCCCCCCC/C=C\C/C=C\CCCCCCCCCCCCCCCCCOC(=O)CCCCCCCCCCCCC. The number of aliphatic hydroxyl groups excluding tert-OH is 2. The Morgan fingerprint density at radius 3 is 0.938 bits per heavy atom. The first-order valence-corrected chi connectivity index (χ1v) is 37.1. The van der Waals surface area contributed by atoms with Gasteiger partial charge in [0.15, 0.2) is 0 Å². The van der Waals surface area contributed by atoms with E-state index in [0.29, 0.717) is 25.9 Å². The van der Waals surface area contributed by atoms with Crippen molar-refractivity contribution in [2.45, 2.75) is 431 Å². The maximum Gasteiger partial charge on any atom is 0.305 e. The first-order chi connectivity index (χ1) is 40.0. The Bertz CT molecular complexity index is 1270. The number of rotatable bonds is 70. The molecule has 6 nitrogen and oxygen atoms in total. The fraction of sp³-hybridized carbons (Fsp3) is 0.920. The highest BCUT2D eigenvalue weighted by Gasteiger charge is 2.20. The number of aliphatic hydroxyl groups is 2. The molecule has 2 unspecified atom stereocenters. The van der Waals surface area contributed by atoms with Crippen LogP contribution in [0.2, 0.25) is 0 Å². The van der Waals surface area contributed by atoms with Gasteiger partial charge in [0.2, 0.25) is 5.91 Å². The maximum atomic E-state index is 12.5. The molecule has 0 aromatic heterocycles. The third kappa shape index (κ3) is 67.3. The van der Waals surface area contributed by atoms with Crippen LogP contribution in [0.5, 0.6) is 0 Å². The molecule has 0 aromatic carbocycles. The van der Waals surface area contributed by atoms with E-state index < -0.39 is 12.1 Å². The topological polar surface area (TPSA) is 95.9 Å². The zero-order valence-corrected chi connectivity index (χ0v) is 55.0. The van der Waals surface area contributed by atoms with Gasteiger partial charge >= 0.3 is 5.97 Å². The molecule has 0 aliphatic rings. The Hall–Kier alpha value is -1.66. The highest BCUT2D eigenvalue weighted by molar-refractivity contribution is 5.76. The van der Waals surface area contributed by atoms with Gasteiger partial charge in [-0.2, -0.15) is 0 Å². The lowest BCUT2D eigenvalue weighted by atomic mass is 10.0. The minimum atomic E-state index is -0.661. The van der Waals surface area contributed by atoms with E-state index in [1.54, 1.807) is 0 Å². The average Bonchev–Trinajstić information content (AvgIpc) is 3.47. The van der Waals surface area contributed by atoms with Gasteiger partial charge in [-0.05, 0) is 57.8 Å². The van der Waals surface area contributed by atoms with Crippen LogP contribution in [0.25, 0.3) is 0 Å². The highest BCUT2D eigenvalue weighted by Crippen LogP contribution is 2.19. The molecule has 0 fully saturated rings. The molecule has 0 heterocycles. The number of unbranched alkanes of at least 4 members (excludes halogenated alkanes) is 55. The number of carbonyl (C=O) groups is 2. The van der Waals surface area contributed by atoms with Crippen molar-refractivity contribution in [2.75, 3.05) is 13.2 Å². The van der Waals surface area contributed by atoms with Crippen molar-refractivity contribution >= 4 is 11.9 Å². The third-order valence-corrected chi connectivity index (χ3v) is 17.5. The van der Waals surface area contributed by atoms with Crippen molar-refractivity contribution in [3.05, 3.63) is 24.3 Å². The fourth-order valence-corrected chi connectivity index (χ4v) is 11.9. The standard InChI is InChI=1S/C75H145NO5/c1-3-5-7-9-11-13-15-16-44-48-51-55-59-63-67-73(78)72(71-77)76-74(79)68-64-60-56-52-49-45-42-40-38-36-34-32-30-28-26-24-22-20-18-17-19-21-23-25-27-29-31-33-35-37-39-41-43-46-50-54-58-62-66-70-81-75(80)69-65-61-57-53-47-14-12-10-8-6-4-2/h17-18,21,23,72-73,77-78H,3-16,19-20,22,24-71H2,1-2H3,(H,76,79)/b18-17-,23-21-. The number of hydrogen-bond donors (Lipinski definition) is 3. The summed E-state index contributed by atoms with van der Waals surface area (Å²) < 4.78 is 5.48. The molecule has 0 saturated heterocycles. The zero-order valence-electron chi connectivity index (χ0n) is 55.0. The molecule has 0 radical (unpaired) electrons. The van der Waals surface area contributed by atoms with Gasteiger partial charge in [-0.25, -0.2) is 0 Å². The molecule has 81 heavy (non-hydrogen) atoms. The van der Waals surface area contributed by atoms with E-state index in [-0.39, 0.29) is 18.5 Å². The number of amides is 1. The lowest BCUT2D eigenvalue weighted by molar-refractivity contribution is -0.143. The molecular formula is C75H145NO5. The summed E-state index contributed by atoms with van der Waals surface area (Å²) in [5.74, 6) is -0.00849. The summed E-state index contributed by atoms with van der Waals surface area (Å²) >= 11 is 0. The third-order valence-electron chi connectivity index (χ3n) is 17.5. The van der Waals surface area contributed by atoms with Gasteiger partial charge in [0.25, 0.3) is 0 Å². The van der Waals surface area contributed by atoms with Crippen LogP contribution in [-0.4, -0.2) is 47.4 Å². The zero-order chi connectivity index (χ0) is 58.5. The minimum absolute atomic E-state index is 0.0206. The van der Waals surface area contributed by atoms with Crippen LogP contribution in [0.1, 0.15) is 418 Å². The van der Waals surface area contributed by atoms with Crippen LogP contribution in [0, 0.1) is 0 Å². The number of hydrogen-bond acceptors (Lipinski definition) is 5. The van der Waals surface area contributed by atoms with Crippen molar-refractivity contribution in [1.82, 2.24) is 5.32 Å². The van der Waals surface area contributed by atoms with Gasteiger partial charge in [0.05, 0.1) is 25.4 Å². The molecule has 1 amide bonds. The van der Waals surface area contributed by atoms with Crippen molar-refractivity contribution in [2.24, 2.45) is 0 Å². The molecular weight excluding hydrogens is 995 g/mol. The number of carbonyl (C=O) groups excluding carboxylic acids is 2. The molecule has 0 saturated carbocycles.